The van der Waals surface area contributed by atoms with Crippen LogP contribution >= 0.6 is 0 Å². The standard InChI is InChI=1S/C11H15F3N2O2S/c1-8-3-4-9(7-10(8)15)16-19(17,18)6-2-5-11(12,13)14/h3-4,7,16H,2,5-6,15H2,1H3. The van der Waals surface area contributed by atoms with Crippen LogP contribution in [0.3, 0.4) is 0 Å². The van der Waals surface area contributed by atoms with Crippen molar-refractivity contribution in [1.29, 1.82) is 0 Å². The summed E-state index contributed by atoms with van der Waals surface area (Å²) >= 11 is 0. The zero-order valence-corrected chi connectivity index (χ0v) is 11.1. The Kier molecular flexibility index (Phi) is 4.67. The predicted octanol–water partition coefficient (Wildman–Crippen LogP) is 2.66. The first kappa shape index (κ1) is 15.6. The van der Waals surface area contributed by atoms with Gasteiger partial charge in [-0.25, -0.2) is 8.42 Å². The summed E-state index contributed by atoms with van der Waals surface area (Å²) in [6.07, 6.45) is -5.94. The van der Waals surface area contributed by atoms with E-state index in [0.29, 0.717) is 5.69 Å². The number of halogens is 3. The monoisotopic (exact) mass is 296 g/mol. The molecular formula is C11H15F3N2O2S. The number of aryl methyl sites for hydroxylation is 1. The van der Waals surface area contributed by atoms with Crippen molar-refractivity contribution in [2.75, 3.05) is 16.2 Å². The molecule has 0 aliphatic rings. The van der Waals surface area contributed by atoms with Gasteiger partial charge in [-0.2, -0.15) is 13.2 Å². The fourth-order valence-electron chi connectivity index (χ4n) is 1.40. The number of hydrogen-bond donors (Lipinski definition) is 2. The molecular weight excluding hydrogens is 281 g/mol. The zero-order valence-electron chi connectivity index (χ0n) is 10.3. The average molecular weight is 296 g/mol. The van der Waals surface area contributed by atoms with Crippen LogP contribution in [-0.2, 0) is 10.0 Å². The van der Waals surface area contributed by atoms with Gasteiger partial charge in [0, 0.05) is 12.1 Å². The van der Waals surface area contributed by atoms with Crippen LogP contribution in [0, 0.1) is 6.92 Å². The molecule has 8 heteroatoms. The van der Waals surface area contributed by atoms with Gasteiger partial charge in [-0.1, -0.05) is 6.07 Å². The van der Waals surface area contributed by atoms with Gasteiger partial charge >= 0.3 is 6.18 Å². The van der Waals surface area contributed by atoms with Crippen LogP contribution in [0.2, 0.25) is 0 Å². The molecule has 0 bridgehead atoms. The van der Waals surface area contributed by atoms with E-state index in [1.54, 1.807) is 13.0 Å². The minimum Gasteiger partial charge on any atom is -0.398 e. The molecule has 0 heterocycles. The SMILES string of the molecule is Cc1ccc(NS(=O)(=O)CCCC(F)(F)F)cc1N. The van der Waals surface area contributed by atoms with Gasteiger partial charge in [-0.3, -0.25) is 4.72 Å². The Hall–Kier alpha value is -1.44. The topological polar surface area (TPSA) is 72.2 Å². The van der Waals surface area contributed by atoms with Crippen LogP contribution in [0.1, 0.15) is 18.4 Å². The molecule has 0 fully saturated rings. The molecule has 0 saturated heterocycles. The van der Waals surface area contributed by atoms with Crippen molar-refractivity contribution in [1.82, 2.24) is 0 Å². The van der Waals surface area contributed by atoms with Crippen molar-refractivity contribution < 1.29 is 21.6 Å². The molecule has 0 aliphatic heterocycles. The third kappa shape index (κ3) is 5.82. The molecule has 0 aromatic heterocycles. The number of nitrogens with two attached hydrogens (primary N) is 1. The molecule has 0 atom stereocenters. The summed E-state index contributed by atoms with van der Waals surface area (Å²) in [5, 5.41) is 0. The summed E-state index contributed by atoms with van der Waals surface area (Å²) in [7, 11) is -3.79. The first-order valence-corrected chi connectivity index (χ1v) is 7.18. The average Bonchev–Trinajstić information content (AvgIpc) is 2.20. The maximum atomic E-state index is 11.9. The Balaban J connectivity index is 2.61. The maximum Gasteiger partial charge on any atom is 0.389 e. The third-order valence-electron chi connectivity index (χ3n) is 2.43. The summed E-state index contributed by atoms with van der Waals surface area (Å²) in [4.78, 5) is 0. The second kappa shape index (κ2) is 5.68. The summed E-state index contributed by atoms with van der Waals surface area (Å²) in [6.45, 7) is 1.76. The van der Waals surface area contributed by atoms with Crippen LogP contribution in [0.25, 0.3) is 0 Å². The van der Waals surface area contributed by atoms with E-state index in [9.17, 15) is 21.6 Å². The Labute approximate surface area is 109 Å². The van der Waals surface area contributed by atoms with Gasteiger partial charge in [0.1, 0.15) is 0 Å². The highest BCUT2D eigenvalue weighted by molar-refractivity contribution is 7.92. The molecule has 1 aromatic carbocycles. The molecule has 1 aromatic rings. The van der Waals surface area contributed by atoms with E-state index in [2.05, 4.69) is 4.72 Å². The fourth-order valence-corrected chi connectivity index (χ4v) is 2.51. The number of nitrogen functional groups attached to an aromatic ring is 1. The van der Waals surface area contributed by atoms with Gasteiger partial charge in [0.05, 0.1) is 11.4 Å². The Morgan fingerprint density at radius 2 is 1.95 bits per heavy atom. The number of sulfonamides is 1. The van der Waals surface area contributed by atoms with Crippen LogP contribution in [-0.4, -0.2) is 20.3 Å². The first-order chi connectivity index (χ1) is 8.59. The zero-order chi connectivity index (χ0) is 14.7. The predicted molar refractivity (Wildman–Crippen MR) is 68.3 cm³/mol. The molecule has 4 nitrogen and oxygen atoms in total. The van der Waals surface area contributed by atoms with Gasteiger partial charge < -0.3 is 5.73 Å². The number of hydrogen-bond acceptors (Lipinski definition) is 3. The van der Waals surface area contributed by atoms with Gasteiger partial charge in [-0.15, -0.1) is 0 Å². The molecule has 0 aliphatic carbocycles. The van der Waals surface area contributed by atoms with Gasteiger partial charge in [0.15, 0.2) is 0 Å². The second-order valence-electron chi connectivity index (χ2n) is 4.21. The lowest BCUT2D eigenvalue weighted by atomic mass is 10.2. The van der Waals surface area contributed by atoms with Gasteiger partial charge in [0.25, 0.3) is 0 Å². The molecule has 3 N–H and O–H groups in total. The maximum absolute atomic E-state index is 11.9. The quantitative estimate of drug-likeness (QED) is 0.820. The lowest BCUT2D eigenvalue weighted by Crippen LogP contribution is -2.19. The summed E-state index contributed by atoms with van der Waals surface area (Å²) in [5.74, 6) is -0.583. The van der Waals surface area contributed by atoms with Crippen molar-refractivity contribution >= 4 is 21.4 Å². The number of nitrogens with one attached hydrogen (secondary N) is 1. The smallest absolute Gasteiger partial charge is 0.389 e. The molecule has 1 rings (SSSR count). The molecule has 0 spiro atoms. The van der Waals surface area contributed by atoms with Crippen LogP contribution < -0.4 is 10.5 Å². The fraction of sp³-hybridized carbons (Fsp3) is 0.455. The molecule has 0 amide bonds. The van der Waals surface area contributed by atoms with E-state index >= 15 is 0 Å². The van der Waals surface area contributed by atoms with Crippen molar-refractivity contribution in [2.24, 2.45) is 0 Å². The molecule has 19 heavy (non-hydrogen) atoms. The molecule has 108 valence electrons. The largest absolute Gasteiger partial charge is 0.398 e. The minimum atomic E-state index is -4.34. The minimum absolute atomic E-state index is 0.245. The number of rotatable bonds is 5. The Morgan fingerprint density at radius 1 is 1.32 bits per heavy atom. The second-order valence-corrected chi connectivity index (χ2v) is 6.05. The lowest BCUT2D eigenvalue weighted by molar-refractivity contribution is -0.134. The van der Waals surface area contributed by atoms with Crippen LogP contribution in [0.4, 0.5) is 24.5 Å². The summed E-state index contributed by atoms with van der Waals surface area (Å²) in [5.41, 5.74) is 7.06. The van der Waals surface area contributed by atoms with Crippen molar-refractivity contribution in [3.63, 3.8) is 0 Å². The van der Waals surface area contributed by atoms with Crippen LogP contribution in [0.15, 0.2) is 18.2 Å². The number of benzene rings is 1. The van der Waals surface area contributed by atoms with E-state index in [-0.39, 0.29) is 5.69 Å². The number of anilines is 2. The van der Waals surface area contributed by atoms with Crippen molar-refractivity contribution in [3.05, 3.63) is 23.8 Å². The van der Waals surface area contributed by atoms with Crippen molar-refractivity contribution in [3.8, 4) is 0 Å². The highest BCUT2D eigenvalue weighted by atomic mass is 32.2. The van der Waals surface area contributed by atoms with E-state index in [1.165, 1.54) is 12.1 Å². The Bertz CT molecular complexity index is 541. The Morgan fingerprint density at radius 3 is 2.47 bits per heavy atom. The highest BCUT2D eigenvalue weighted by Gasteiger charge is 2.27. The molecule has 0 saturated carbocycles. The van der Waals surface area contributed by atoms with E-state index in [1.807, 2.05) is 0 Å². The van der Waals surface area contributed by atoms with E-state index < -0.39 is 34.8 Å². The lowest BCUT2D eigenvalue weighted by Gasteiger charge is -2.10. The number of alkyl halides is 3. The third-order valence-corrected chi connectivity index (χ3v) is 3.80. The summed E-state index contributed by atoms with van der Waals surface area (Å²) in [6, 6.07) is 4.56. The first-order valence-electron chi connectivity index (χ1n) is 5.52. The normalized spacial score (nSPS) is 12.4. The molecule has 0 unspecified atom stereocenters. The van der Waals surface area contributed by atoms with Gasteiger partial charge in [-0.05, 0) is 31.0 Å². The van der Waals surface area contributed by atoms with Crippen LogP contribution in [0.5, 0.6) is 0 Å². The van der Waals surface area contributed by atoms with E-state index in [0.717, 1.165) is 5.56 Å². The summed E-state index contributed by atoms with van der Waals surface area (Å²) < 4.78 is 61.1. The van der Waals surface area contributed by atoms with Crippen molar-refractivity contribution in [2.45, 2.75) is 25.9 Å². The van der Waals surface area contributed by atoms with E-state index in [4.69, 9.17) is 5.73 Å². The molecule has 0 radical (unpaired) electrons. The highest BCUT2D eigenvalue weighted by Crippen LogP contribution is 2.22. The van der Waals surface area contributed by atoms with Gasteiger partial charge in [0.2, 0.25) is 10.0 Å².